The van der Waals surface area contributed by atoms with E-state index in [1.54, 1.807) is 0 Å². The Morgan fingerprint density at radius 2 is 2.29 bits per heavy atom. The lowest BCUT2D eigenvalue weighted by Crippen LogP contribution is -2.24. The molecule has 0 amide bonds. The van der Waals surface area contributed by atoms with E-state index in [1.807, 2.05) is 24.4 Å². The van der Waals surface area contributed by atoms with Crippen LogP contribution in [0.15, 0.2) is 30.0 Å². The summed E-state index contributed by atoms with van der Waals surface area (Å²) in [6, 6.07) is 6.47. The fourth-order valence-electron chi connectivity index (χ4n) is 1.13. The van der Waals surface area contributed by atoms with E-state index in [0.717, 1.165) is 12.2 Å². The molecule has 0 radical (unpaired) electrons. The zero-order chi connectivity index (χ0) is 10.4. The Balaban J connectivity index is 2.52. The fourth-order valence-corrected chi connectivity index (χ4v) is 1.13. The first-order chi connectivity index (χ1) is 6.68. The van der Waals surface area contributed by atoms with Crippen molar-refractivity contribution in [3.8, 4) is 0 Å². The van der Waals surface area contributed by atoms with Crippen LogP contribution in [0.3, 0.4) is 0 Å². The summed E-state index contributed by atoms with van der Waals surface area (Å²) in [4.78, 5) is 4.24. The van der Waals surface area contributed by atoms with Crippen molar-refractivity contribution < 1.29 is 0 Å². The Morgan fingerprint density at radius 1 is 1.50 bits per heavy atom. The Hall–Kier alpha value is -1.15. The zero-order valence-corrected chi connectivity index (χ0v) is 9.12. The molecule has 0 spiro atoms. The molecule has 0 aliphatic rings. The highest BCUT2D eigenvalue weighted by atomic mass is 14.9. The summed E-state index contributed by atoms with van der Waals surface area (Å²) in [6.07, 6.45) is 3.92. The molecule has 1 rings (SSSR count). The third kappa shape index (κ3) is 4.19. The van der Waals surface area contributed by atoms with Gasteiger partial charge in [0, 0.05) is 18.8 Å². The van der Waals surface area contributed by atoms with Crippen molar-refractivity contribution >= 4 is 6.08 Å². The van der Waals surface area contributed by atoms with Crippen LogP contribution >= 0.6 is 0 Å². The SMILES string of the molecule is CC(=Cc1ccccn1)CNC(C)C. The molecule has 0 atom stereocenters. The van der Waals surface area contributed by atoms with Crippen LogP contribution in [0.25, 0.3) is 6.08 Å². The smallest absolute Gasteiger partial charge is 0.0629 e. The molecule has 14 heavy (non-hydrogen) atoms. The molecule has 2 nitrogen and oxygen atoms in total. The summed E-state index contributed by atoms with van der Waals surface area (Å²) in [5, 5.41) is 3.37. The lowest BCUT2D eigenvalue weighted by Gasteiger charge is -2.07. The molecule has 0 aliphatic carbocycles. The molecule has 1 heterocycles. The molecule has 1 aromatic rings. The Labute approximate surface area is 86.1 Å². The largest absolute Gasteiger partial charge is 0.311 e. The second kappa shape index (κ2) is 5.55. The van der Waals surface area contributed by atoms with Crippen LogP contribution in [-0.4, -0.2) is 17.6 Å². The fraction of sp³-hybridized carbons (Fsp3) is 0.417. The summed E-state index contributed by atoms with van der Waals surface area (Å²) in [5.41, 5.74) is 2.33. The first-order valence-electron chi connectivity index (χ1n) is 5.00. The molecule has 0 aromatic carbocycles. The number of hydrogen-bond donors (Lipinski definition) is 1. The lowest BCUT2D eigenvalue weighted by molar-refractivity contribution is 0.622. The maximum atomic E-state index is 4.24. The number of pyridine rings is 1. The van der Waals surface area contributed by atoms with Crippen molar-refractivity contribution in [3.05, 3.63) is 35.7 Å². The number of nitrogens with zero attached hydrogens (tertiary/aromatic N) is 1. The maximum absolute atomic E-state index is 4.24. The van der Waals surface area contributed by atoms with Gasteiger partial charge in [-0.05, 0) is 25.1 Å². The van der Waals surface area contributed by atoms with Crippen molar-refractivity contribution in [2.24, 2.45) is 0 Å². The highest BCUT2D eigenvalue weighted by Crippen LogP contribution is 2.01. The van der Waals surface area contributed by atoms with E-state index in [4.69, 9.17) is 0 Å². The van der Waals surface area contributed by atoms with Gasteiger partial charge in [-0.25, -0.2) is 0 Å². The molecule has 0 unspecified atom stereocenters. The minimum atomic E-state index is 0.530. The van der Waals surface area contributed by atoms with Crippen molar-refractivity contribution in [1.82, 2.24) is 10.3 Å². The van der Waals surface area contributed by atoms with Gasteiger partial charge >= 0.3 is 0 Å². The van der Waals surface area contributed by atoms with Crippen LogP contribution in [0.4, 0.5) is 0 Å². The van der Waals surface area contributed by atoms with Crippen LogP contribution in [0.1, 0.15) is 26.5 Å². The van der Waals surface area contributed by atoms with Gasteiger partial charge in [0.2, 0.25) is 0 Å². The molecular weight excluding hydrogens is 172 g/mol. The molecule has 0 saturated heterocycles. The monoisotopic (exact) mass is 190 g/mol. The van der Waals surface area contributed by atoms with Gasteiger partial charge < -0.3 is 5.32 Å². The summed E-state index contributed by atoms with van der Waals surface area (Å²) in [6.45, 7) is 7.33. The first kappa shape index (κ1) is 10.9. The van der Waals surface area contributed by atoms with Crippen molar-refractivity contribution in [1.29, 1.82) is 0 Å². The normalized spacial score (nSPS) is 12.1. The van der Waals surface area contributed by atoms with Gasteiger partial charge in [0.15, 0.2) is 0 Å². The van der Waals surface area contributed by atoms with E-state index in [1.165, 1.54) is 5.57 Å². The topological polar surface area (TPSA) is 24.9 Å². The molecular formula is C12H18N2. The molecule has 0 saturated carbocycles. The van der Waals surface area contributed by atoms with Crippen LogP contribution in [0, 0.1) is 0 Å². The van der Waals surface area contributed by atoms with Crippen molar-refractivity contribution in [2.75, 3.05) is 6.54 Å². The molecule has 0 aliphatic heterocycles. The predicted molar refractivity (Wildman–Crippen MR) is 61.0 cm³/mol. The number of nitrogens with one attached hydrogen (secondary N) is 1. The number of hydrogen-bond acceptors (Lipinski definition) is 2. The maximum Gasteiger partial charge on any atom is 0.0629 e. The average Bonchev–Trinajstić information content (AvgIpc) is 2.16. The summed E-state index contributed by atoms with van der Waals surface area (Å²) in [5.74, 6) is 0. The van der Waals surface area contributed by atoms with E-state index >= 15 is 0 Å². The minimum absolute atomic E-state index is 0.530. The van der Waals surface area contributed by atoms with Crippen LogP contribution in [0.2, 0.25) is 0 Å². The third-order valence-corrected chi connectivity index (χ3v) is 1.87. The van der Waals surface area contributed by atoms with Gasteiger partial charge in [0.05, 0.1) is 5.69 Å². The highest BCUT2D eigenvalue weighted by molar-refractivity contribution is 5.48. The van der Waals surface area contributed by atoms with Crippen molar-refractivity contribution in [2.45, 2.75) is 26.8 Å². The van der Waals surface area contributed by atoms with Gasteiger partial charge in [-0.2, -0.15) is 0 Å². The molecule has 2 heteroatoms. The quantitative estimate of drug-likeness (QED) is 0.789. The van der Waals surface area contributed by atoms with Crippen LogP contribution in [-0.2, 0) is 0 Å². The second-order valence-electron chi connectivity index (χ2n) is 3.78. The van der Waals surface area contributed by atoms with Gasteiger partial charge in [-0.3, -0.25) is 4.98 Å². The van der Waals surface area contributed by atoms with Crippen molar-refractivity contribution in [3.63, 3.8) is 0 Å². The zero-order valence-electron chi connectivity index (χ0n) is 9.12. The van der Waals surface area contributed by atoms with E-state index < -0.39 is 0 Å². The minimum Gasteiger partial charge on any atom is -0.311 e. The molecule has 76 valence electrons. The Kier molecular flexibility index (Phi) is 4.33. The molecule has 0 fully saturated rings. The second-order valence-corrected chi connectivity index (χ2v) is 3.78. The van der Waals surface area contributed by atoms with E-state index in [2.05, 4.69) is 37.1 Å². The lowest BCUT2D eigenvalue weighted by atomic mass is 10.2. The third-order valence-electron chi connectivity index (χ3n) is 1.87. The molecule has 0 bridgehead atoms. The van der Waals surface area contributed by atoms with E-state index in [-0.39, 0.29) is 0 Å². The summed E-state index contributed by atoms with van der Waals surface area (Å²) >= 11 is 0. The predicted octanol–water partition coefficient (Wildman–Crippen LogP) is 2.48. The summed E-state index contributed by atoms with van der Waals surface area (Å²) < 4.78 is 0. The van der Waals surface area contributed by atoms with Gasteiger partial charge in [-0.15, -0.1) is 0 Å². The Morgan fingerprint density at radius 3 is 2.86 bits per heavy atom. The average molecular weight is 190 g/mol. The van der Waals surface area contributed by atoms with Gasteiger partial charge in [0.25, 0.3) is 0 Å². The molecule has 1 N–H and O–H groups in total. The highest BCUT2D eigenvalue weighted by Gasteiger charge is 1.94. The Bertz CT molecular complexity index is 288. The van der Waals surface area contributed by atoms with Gasteiger partial charge in [0.1, 0.15) is 0 Å². The van der Waals surface area contributed by atoms with E-state index in [0.29, 0.717) is 6.04 Å². The summed E-state index contributed by atoms with van der Waals surface area (Å²) in [7, 11) is 0. The van der Waals surface area contributed by atoms with Gasteiger partial charge in [-0.1, -0.05) is 25.5 Å². The first-order valence-corrected chi connectivity index (χ1v) is 5.00. The van der Waals surface area contributed by atoms with Crippen LogP contribution in [0.5, 0.6) is 0 Å². The number of rotatable bonds is 4. The van der Waals surface area contributed by atoms with Crippen LogP contribution < -0.4 is 5.32 Å². The standard InChI is InChI=1S/C12H18N2/c1-10(2)14-9-11(3)8-12-6-4-5-7-13-12/h4-8,10,14H,9H2,1-3H3. The molecule has 1 aromatic heterocycles. The number of aromatic nitrogens is 1. The van der Waals surface area contributed by atoms with E-state index in [9.17, 15) is 0 Å².